The van der Waals surface area contributed by atoms with Crippen LogP contribution in [0.1, 0.15) is 15.9 Å². The molecule has 0 saturated carbocycles. The Kier molecular flexibility index (Phi) is 3.98. The molecule has 0 fully saturated rings. The summed E-state index contributed by atoms with van der Waals surface area (Å²) in [6.07, 6.45) is 0. The molecule has 0 unspecified atom stereocenters. The Labute approximate surface area is 121 Å². The van der Waals surface area contributed by atoms with Gasteiger partial charge >= 0.3 is 0 Å². The lowest BCUT2D eigenvalue weighted by Gasteiger charge is -2.09. The zero-order valence-electron chi connectivity index (χ0n) is 10.2. The zero-order valence-corrected chi connectivity index (χ0v) is 11.7. The van der Waals surface area contributed by atoms with Crippen LogP contribution in [0.25, 0.3) is 0 Å². The average molecular weight is 295 g/mol. The van der Waals surface area contributed by atoms with Crippen molar-refractivity contribution in [3.05, 3.63) is 57.6 Å². The Morgan fingerprint density at radius 2 is 1.79 bits per heavy atom. The SMILES string of the molecule is Cc1ccc(Cl)c(NC(=O)c2cc(N)ccc2Cl)c1. The number of hydrogen-bond acceptors (Lipinski definition) is 2. The maximum absolute atomic E-state index is 12.1. The highest BCUT2D eigenvalue weighted by atomic mass is 35.5. The van der Waals surface area contributed by atoms with E-state index in [9.17, 15) is 4.79 Å². The van der Waals surface area contributed by atoms with Gasteiger partial charge in [-0.2, -0.15) is 0 Å². The van der Waals surface area contributed by atoms with Gasteiger partial charge in [0.25, 0.3) is 5.91 Å². The van der Waals surface area contributed by atoms with Gasteiger partial charge in [-0.1, -0.05) is 29.3 Å². The summed E-state index contributed by atoms with van der Waals surface area (Å²) in [6.45, 7) is 1.92. The molecule has 0 atom stereocenters. The summed E-state index contributed by atoms with van der Waals surface area (Å²) >= 11 is 12.0. The summed E-state index contributed by atoms with van der Waals surface area (Å²) in [7, 11) is 0. The number of hydrogen-bond donors (Lipinski definition) is 2. The Morgan fingerprint density at radius 1 is 1.11 bits per heavy atom. The minimum atomic E-state index is -0.343. The van der Waals surface area contributed by atoms with Gasteiger partial charge in [0.05, 0.1) is 21.3 Å². The average Bonchev–Trinajstić information content (AvgIpc) is 2.36. The Morgan fingerprint density at radius 3 is 2.53 bits per heavy atom. The number of nitrogen functional groups attached to an aromatic ring is 1. The predicted octanol–water partition coefficient (Wildman–Crippen LogP) is 4.14. The van der Waals surface area contributed by atoms with Crippen molar-refractivity contribution in [1.29, 1.82) is 0 Å². The smallest absolute Gasteiger partial charge is 0.257 e. The van der Waals surface area contributed by atoms with E-state index in [0.717, 1.165) is 5.56 Å². The number of rotatable bonds is 2. The van der Waals surface area contributed by atoms with Crippen molar-refractivity contribution in [2.24, 2.45) is 0 Å². The van der Waals surface area contributed by atoms with Crippen molar-refractivity contribution < 1.29 is 4.79 Å². The van der Waals surface area contributed by atoms with Crippen LogP contribution in [0.3, 0.4) is 0 Å². The molecule has 1 amide bonds. The lowest BCUT2D eigenvalue weighted by molar-refractivity contribution is 0.102. The Bertz CT molecular complexity index is 641. The summed E-state index contributed by atoms with van der Waals surface area (Å²) in [4.78, 5) is 12.1. The molecule has 5 heteroatoms. The van der Waals surface area contributed by atoms with Crippen LogP contribution in [-0.2, 0) is 0 Å². The van der Waals surface area contributed by atoms with E-state index >= 15 is 0 Å². The third kappa shape index (κ3) is 3.19. The highest BCUT2D eigenvalue weighted by Crippen LogP contribution is 2.25. The van der Waals surface area contributed by atoms with Crippen LogP contribution in [-0.4, -0.2) is 5.91 Å². The molecule has 2 rings (SSSR count). The molecule has 3 nitrogen and oxygen atoms in total. The Hall–Kier alpha value is -1.71. The van der Waals surface area contributed by atoms with E-state index in [1.54, 1.807) is 24.3 Å². The van der Waals surface area contributed by atoms with E-state index in [1.807, 2.05) is 13.0 Å². The highest BCUT2D eigenvalue weighted by Gasteiger charge is 2.12. The fourth-order valence-electron chi connectivity index (χ4n) is 1.64. The summed E-state index contributed by atoms with van der Waals surface area (Å²) < 4.78 is 0. The van der Waals surface area contributed by atoms with Crippen molar-refractivity contribution in [2.45, 2.75) is 6.92 Å². The molecule has 0 saturated heterocycles. The molecule has 0 spiro atoms. The van der Waals surface area contributed by atoms with Crippen molar-refractivity contribution >= 4 is 40.5 Å². The Balaban J connectivity index is 2.30. The van der Waals surface area contributed by atoms with Crippen LogP contribution in [0.4, 0.5) is 11.4 Å². The normalized spacial score (nSPS) is 10.3. The number of carbonyl (C=O) groups is 1. The fourth-order valence-corrected chi connectivity index (χ4v) is 2.01. The molecule has 0 radical (unpaired) electrons. The van der Waals surface area contributed by atoms with Crippen molar-refractivity contribution in [2.75, 3.05) is 11.1 Å². The zero-order chi connectivity index (χ0) is 14.0. The second-order valence-electron chi connectivity index (χ2n) is 4.18. The van der Waals surface area contributed by atoms with Crippen molar-refractivity contribution in [3.8, 4) is 0 Å². The predicted molar refractivity (Wildman–Crippen MR) is 80.0 cm³/mol. The molecular formula is C14H12Cl2N2O. The van der Waals surface area contributed by atoms with Gasteiger partial charge in [-0.3, -0.25) is 4.79 Å². The number of nitrogens with two attached hydrogens (primary N) is 1. The van der Waals surface area contributed by atoms with Gasteiger partial charge in [-0.05, 0) is 42.8 Å². The summed E-state index contributed by atoms with van der Waals surface area (Å²) in [6, 6.07) is 10.1. The minimum absolute atomic E-state index is 0.319. The first-order chi connectivity index (χ1) is 8.97. The number of anilines is 2. The molecular weight excluding hydrogens is 283 g/mol. The second-order valence-corrected chi connectivity index (χ2v) is 4.99. The maximum atomic E-state index is 12.1. The highest BCUT2D eigenvalue weighted by molar-refractivity contribution is 6.36. The van der Waals surface area contributed by atoms with Crippen LogP contribution in [0, 0.1) is 6.92 Å². The van der Waals surface area contributed by atoms with E-state index < -0.39 is 0 Å². The first kappa shape index (κ1) is 13.7. The quantitative estimate of drug-likeness (QED) is 0.818. The third-order valence-corrected chi connectivity index (χ3v) is 3.26. The van der Waals surface area contributed by atoms with E-state index in [4.69, 9.17) is 28.9 Å². The van der Waals surface area contributed by atoms with Crippen molar-refractivity contribution in [1.82, 2.24) is 0 Å². The molecule has 0 aromatic heterocycles. The van der Waals surface area contributed by atoms with E-state index in [1.165, 1.54) is 6.07 Å². The van der Waals surface area contributed by atoms with Crippen molar-refractivity contribution in [3.63, 3.8) is 0 Å². The third-order valence-electron chi connectivity index (χ3n) is 2.61. The summed E-state index contributed by atoms with van der Waals surface area (Å²) in [5.41, 5.74) is 7.99. The van der Waals surface area contributed by atoms with E-state index in [-0.39, 0.29) is 5.91 Å². The lowest BCUT2D eigenvalue weighted by Crippen LogP contribution is -2.13. The monoisotopic (exact) mass is 294 g/mol. The fraction of sp³-hybridized carbons (Fsp3) is 0.0714. The molecule has 3 N–H and O–H groups in total. The van der Waals surface area contributed by atoms with Gasteiger partial charge in [0, 0.05) is 5.69 Å². The molecule has 98 valence electrons. The summed E-state index contributed by atoms with van der Waals surface area (Å²) in [5.74, 6) is -0.343. The molecule has 0 aliphatic carbocycles. The van der Waals surface area contributed by atoms with Gasteiger partial charge in [0.1, 0.15) is 0 Å². The van der Waals surface area contributed by atoms with Gasteiger partial charge in [0.2, 0.25) is 0 Å². The lowest BCUT2D eigenvalue weighted by atomic mass is 10.1. The number of aryl methyl sites for hydroxylation is 1. The van der Waals surface area contributed by atoms with Crippen LogP contribution in [0.2, 0.25) is 10.0 Å². The van der Waals surface area contributed by atoms with Crippen LogP contribution < -0.4 is 11.1 Å². The van der Waals surface area contributed by atoms with Crippen LogP contribution in [0.5, 0.6) is 0 Å². The number of carbonyl (C=O) groups excluding carboxylic acids is 1. The first-order valence-corrected chi connectivity index (χ1v) is 6.35. The van der Waals surface area contributed by atoms with Gasteiger partial charge in [-0.15, -0.1) is 0 Å². The number of nitrogens with one attached hydrogen (secondary N) is 1. The molecule has 2 aromatic carbocycles. The number of halogens is 2. The second kappa shape index (κ2) is 5.51. The van der Waals surface area contributed by atoms with Gasteiger partial charge in [0.15, 0.2) is 0 Å². The van der Waals surface area contributed by atoms with E-state index in [2.05, 4.69) is 5.32 Å². The van der Waals surface area contributed by atoms with E-state index in [0.29, 0.717) is 27.0 Å². The first-order valence-electron chi connectivity index (χ1n) is 5.60. The maximum Gasteiger partial charge on any atom is 0.257 e. The standard InChI is InChI=1S/C14H12Cl2N2O/c1-8-2-4-12(16)13(6-8)18-14(19)10-7-9(17)3-5-11(10)15/h2-7H,17H2,1H3,(H,18,19). The minimum Gasteiger partial charge on any atom is -0.399 e. The summed E-state index contributed by atoms with van der Waals surface area (Å²) in [5, 5.41) is 3.54. The van der Waals surface area contributed by atoms with Crippen LogP contribution in [0.15, 0.2) is 36.4 Å². The molecule has 0 aliphatic rings. The van der Waals surface area contributed by atoms with Gasteiger partial charge in [-0.25, -0.2) is 0 Å². The number of amides is 1. The molecule has 2 aromatic rings. The van der Waals surface area contributed by atoms with Gasteiger partial charge < -0.3 is 11.1 Å². The molecule has 0 aliphatic heterocycles. The van der Waals surface area contributed by atoms with Crippen LogP contribution >= 0.6 is 23.2 Å². The molecule has 0 heterocycles. The topological polar surface area (TPSA) is 55.1 Å². The number of benzene rings is 2. The largest absolute Gasteiger partial charge is 0.399 e. The molecule has 0 bridgehead atoms. The molecule has 19 heavy (non-hydrogen) atoms.